The minimum atomic E-state index is -4.11. The number of ether oxygens (including phenoxy) is 1. The number of benzene rings is 4. The smallest absolute Gasteiger partial charge is 0.310 e. The molecule has 0 aliphatic heterocycles. The summed E-state index contributed by atoms with van der Waals surface area (Å²) in [6.45, 7) is 2.00. The molecular weight excluding hydrogens is 480 g/mol. The largest absolute Gasteiger partial charge is 0.482 e. The van der Waals surface area contributed by atoms with Gasteiger partial charge in [0.1, 0.15) is 6.61 Å². The third-order valence-electron chi connectivity index (χ3n) is 5.45. The van der Waals surface area contributed by atoms with Crippen LogP contribution in [0.4, 0.5) is 5.69 Å². The zero-order valence-corrected chi connectivity index (χ0v) is 20.1. The van der Waals surface area contributed by atoms with E-state index in [0.29, 0.717) is 5.56 Å². The maximum Gasteiger partial charge on any atom is 0.310 e. The SMILES string of the molecule is Cc1ccc(-c2ccc(C(=O)NS(=O)(=O)c3ccc(COc4ccccc4[N+](=O)[O-])cc3)cc2)cc1. The molecule has 0 fully saturated rings. The fourth-order valence-corrected chi connectivity index (χ4v) is 4.43. The predicted octanol–water partition coefficient (Wildman–Crippen LogP) is 5.27. The van der Waals surface area contributed by atoms with E-state index in [9.17, 15) is 23.3 Å². The highest BCUT2D eigenvalue weighted by Gasteiger charge is 2.19. The molecule has 4 aromatic carbocycles. The van der Waals surface area contributed by atoms with Gasteiger partial charge in [-0.15, -0.1) is 0 Å². The number of amides is 1. The molecule has 0 aliphatic rings. The monoisotopic (exact) mass is 502 g/mol. The van der Waals surface area contributed by atoms with Crippen LogP contribution in [0.3, 0.4) is 0 Å². The summed E-state index contributed by atoms with van der Waals surface area (Å²) in [7, 11) is -4.11. The molecule has 0 spiro atoms. The minimum Gasteiger partial charge on any atom is -0.482 e. The van der Waals surface area contributed by atoms with Crippen molar-refractivity contribution in [2.24, 2.45) is 0 Å². The number of nitrogens with one attached hydrogen (secondary N) is 1. The van der Waals surface area contributed by atoms with Crippen molar-refractivity contribution in [1.82, 2.24) is 4.72 Å². The van der Waals surface area contributed by atoms with Crippen LogP contribution in [0, 0.1) is 17.0 Å². The lowest BCUT2D eigenvalue weighted by molar-refractivity contribution is -0.385. The summed E-state index contributed by atoms with van der Waals surface area (Å²) in [5.41, 5.74) is 3.69. The topological polar surface area (TPSA) is 116 Å². The van der Waals surface area contributed by atoms with E-state index in [0.717, 1.165) is 16.7 Å². The molecule has 0 unspecified atom stereocenters. The molecule has 1 N–H and O–H groups in total. The summed E-state index contributed by atoms with van der Waals surface area (Å²) in [6, 6.07) is 26.3. The van der Waals surface area contributed by atoms with Crippen molar-refractivity contribution in [1.29, 1.82) is 0 Å². The first-order valence-electron chi connectivity index (χ1n) is 10.9. The number of nitro benzene ring substituents is 1. The normalized spacial score (nSPS) is 11.0. The van der Waals surface area contributed by atoms with Crippen LogP contribution < -0.4 is 9.46 Å². The van der Waals surface area contributed by atoms with Crippen molar-refractivity contribution in [2.45, 2.75) is 18.4 Å². The quantitative estimate of drug-likeness (QED) is 0.259. The van der Waals surface area contributed by atoms with Crippen LogP contribution in [-0.2, 0) is 16.6 Å². The van der Waals surface area contributed by atoms with Gasteiger partial charge in [-0.1, -0.05) is 66.2 Å². The zero-order chi connectivity index (χ0) is 25.7. The fourth-order valence-electron chi connectivity index (χ4n) is 3.46. The Balaban J connectivity index is 1.40. The van der Waals surface area contributed by atoms with Gasteiger partial charge in [-0.2, -0.15) is 0 Å². The van der Waals surface area contributed by atoms with E-state index in [4.69, 9.17) is 4.74 Å². The molecule has 0 aromatic heterocycles. The Bertz CT molecular complexity index is 1500. The van der Waals surface area contributed by atoms with Crippen LogP contribution >= 0.6 is 0 Å². The molecule has 182 valence electrons. The van der Waals surface area contributed by atoms with Crippen molar-refractivity contribution in [3.05, 3.63) is 124 Å². The van der Waals surface area contributed by atoms with E-state index in [1.165, 1.54) is 42.5 Å². The summed E-state index contributed by atoms with van der Waals surface area (Å²) < 4.78 is 33.0. The minimum absolute atomic E-state index is 0.00483. The number of carbonyl (C=O) groups excluding carboxylic acids is 1. The van der Waals surface area contributed by atoms with Crippen LogP contribution in [0.5, 0.6) is 5.75 Å². The van der Waals surface area contributed by atoms with E-state index >= 15 is 0 Å². The van der Waals surface area contributed by atoms with E-state index in [2.05, 4.69) is 4.72 Å². The molecule has 0 saturated heterocycles. The first kappa shape index (κ1) is 24.6. The summed E-state index contributed by atoms with van der Waals surface area (Å²) in [5, 5.41) is 11.1. The number of hydrogen-bond acceptors (Lipinski definition) is 6. The molecule has 0 atom stereocenters. The van der Waals surface area contributed by atoms with Gasteiger partial charge in [-0.3, -0.25) is 14.9 Å². The summed E-state index contributed by atoms with van der Waals surface area (Å²) >= 11 is 0. The fraction of sp³-hybridized carbons (Fsp3) is 0.0741. The van der Waals surface area contributed by atoms with E-state index < -0.39 is 20.9 Å². The van der Waals surface area contributed by atoms with Gasteiger partial charge >= 0.3 is 5.69 Å². The molecule has 8 nitrogen and oxygen atoms in total. The Morgan fingerprint density at radius 2 is 1.44 bits per heavy atom. The first-order chi connectivity index (χ1) is 17.2. The second kappa shape index (κ2) is 10.4. The Kier molecular flexibility index (Phi) is 7.12. The summed E-state index contributed by atoms with van der Waals surface area (Å²) in [6.07, 6.45) is 0. The van der Waals surface area contributed by atoms with Crippen LogP contribution in [0.1, 0.15) is 21.5 Å². The summed E-state index contributed by atoms with van der Waals surface area (Å²) in [4.78, 5) is 23.0. The predicted molar refractivity (Wildman–Crippen MR) is 135 cm³/mol. The van der Waals surface area contributed by atoms with Gasteiger partial charge in [-0.25, -0.2) is 13.1 Å². The number of nitrogens with zero attached hydrogens (tertiary/aromatic N) is 1. The Morgan fingerprint density at radius 1 is 0.861 bits per heavy atom. The van der Waals surface area contributed by atoms with Crippen LogP contribution in [-0.4, -0.2) is 19.2 Å². The van der Waals surface area contributed by atoms with Gasteiger partial charge in [0.15, 0.2) is 5.75 Å². The lowest BCUT2D eigenvalue weighted by Gasteiger charge is -2.10. The van der Waals surface area contributed by atoms with Crippen molar-refractivity contribution < 1.29 is 22.9 Å². The Morgan fingerprint density at radius 3 is 2.06 bits per heavy atom. The number of aryl methyl sites for hydroxylation is 1. The number of nitro groups is 1. The van der Waals surface area contributed by atoms with Gasteiger partial charge in [0, 0.05) is 11.6 Å². The van der Waals surface area contributed by atoms with E-state index in [1.54, 1.807) is 30.3 Å². The molecular formula is C27H22N2O6S. The van der Waals surface area contributed by atoms with Gasteiger partial charge in [-0.05, 0) is 53.9 Å². The molecule has 0 radical (unpaired) electrons. The zero-order valence-electron chi connectivity index (χ0n) is 19.2. The van der Waals surface area contributed by atoms with Crippen molar-refractivity contribution >= 4 is 21.6 Å². The van der Waals surface area contributed by atoms with Crippen LogP contribution in [0.15, 0.2) is 102 Å². The number of sulfonamides is 1. The number of hydrogen-bond donors (Lipinski definition) is 1. The lowest BCUT2D eigenvalue weighted by Crippen LogP contribution is -2.30. The summed E-state index contributed by atoms with van der Waals surface area (Å²) in [5.74, 6) is -0.630. The third kappa shape index (κ3) is 5.76. The van der Waals surface area contributed by atoms with Crippen molar-refractivity contribution in [3.8, 4) is 16.9 Å². The molecule has 0 bridgehead atoms. The van der Waals surface area contributed by atoms with E-state index in [1.807, 2.05) is 31.2 Å². The molecule has 0 aliphatic carbocycles. The van der Waals surface area contributed by atoms with Gasteiger partial charge in [0.2, 0.25) is 0 Å². The second-order valence-electron chi connectivity index (χ2n) is 8.04. The van der Waals surface area contributed by atoms with Crippen LogP contribution in [0.2, 0.25) is 0 Å². The Hall–Kier alpha value is -4.50. The molecule has 0 heterocycles. The number of rotatable bonds is 8. The van der Waals surface area contributed by atoms with Crippen molar-refractivity contribution in [2.75, 3.05) is 0 Å². The molecule has 9 heteroatoms. The standard InChI is InChI=1S/C27H22N2O6S/c1-19-6-10-21(11-7-19)22-12-14-23(15-13-22)27(30)28-36(33,34)24-16-8-20(9-17-24)18-35-26-5-3-2-4-25(26)29(31)32/h2-17H,18H2,1H3,(H,28,30). The molecule has 4 rings (SSSR count). The third-order valence-corrected chi connectivity index (χ3v) is 6.80. The first-order valence-corrected chi connectivity index (χ1v) is 12.4. The molecule has 36 heavy (non-hydrogen) atoms. The molecule has 4 aromatic rings. The average Bonchev–Trinajstić information content (AvgIpc) is 2.88. The molecule has 1 amide bonds. The number of para-hydroxylation sites is 2. The second-order valence-corrected chi connectivity index (χ2v) is 9.72. The molecule has 0 saturated carbocycles. The highest BCUT2D eigenvalue weighted by Crippen LogP contribution is 2.27. The average molecular weight is 503 g/mol. The number of carbonyl (C=O) groups is 1. The van der Waals surface area contributed by atoms with Gasteiger partial charge in [0.05, 0.1) is 9.82 Å². The maximum absolute atomic E-state index is 12.7. The van der Waals surface area contributed by atoms with E-state index in [-0.39, 0.29) is 28.5 Å². The van der Waals surface area contributed by atoms with Crippen molar-refractivity contribution in [3.63, 3.8) is 0 Å². The van der Waals surface area contributed by atoms with Gasteiger partial charge < -0.3 is 4.74 Å². The van der Waals surface area contributed by atoms with Gasteiger partial charge in [0.25, 0.3) is 15.9 Å². The lowest BCUT2D eigenvalue weighted by atomic mass is 10.0. The highest BCUT2D eigenvalue weighted by atomic mass is 32.2. The Labute approximate surface area is 208 Å². The highest BCUT2D eigenvalue weighted by molar-refractivity contribution is 7.90. The van der Waals surface area contributed by atoms with Crippen LogP contribution in [0.25, 0.3) is 11.1 Å². The maximum atomic E-state index is 12.7.